The summed E-state index contributed by atoms with van der Waals surface area (Å²) in [5, 5.41) is 15.4. The van der Waals surface area contributed by atoms with Gasteiger partial charge in [0.25, 0.3) is 0 Å². The summed E-state index contributed by atoms with van der Waals surface area (Å²) in [5.74, 6) is 0.101. The minimum Gasteiger partial charge on any atom is -0.392 e. The number of ether oxygens (including phenoxy) is 2. The van der Waals surface area contributed by atoms with E-state index < -0.39 is 6.29 Å². The fourth-order valence-corrected chi connectivity index (χ4v) is 8.15. The Bertz CT molecular complexity index is 1300. The topological polar surface area (TPSA) is 100 Å². The fraction of sp³-hybridized carbons (Fsp3) is 0.622. The molecule has 1 saturated carbocycles. The largest absolute Gasteiger partial charge is 0.392 e. The molecule has 5 rings (SSSR count). The van der Waals surface area contributed by atoms with Gasteiger partial charge in [0.05, 0.1) is 18.8 Å². The number of carbonyl (C=O) groups is 2. The summed E-state index contributed by atoms with van der Waals surface area (Å²) < 4.78 is 13.5. The molecule has 8 nitrogen and oxygen atoms in total. The molecule has 6 atom stereocenters. The van der Waals surface area contributed by atoms with Crippen LogP contribution in [-0.2, 0) is 25.7 Å². The van der Waals surface area contributed by atoms with E-state index >= 15 is 0 Å². The Morgan fingerprint density at radius 3 is 2.36 bits per heavy atom. The van der Waals surface area contributed by atoms with Crippen molar-refractivity contribution in [1.29, 1.82) is 0 Å². The van der Waals surface area contributed by atoms with E-state index in [9.17, 15) is 14.7 Å². The molecule has 2 unspecified atom stereocenters. The molecule has 8 heteroatoms. The molecule has 2 aliphatic heterocycles. The second-order valence-corrected chi connectivity index (χ2v) is 14.9. The zero-order chi connectivity index (χ0) is 32.2. The zero-order valence-electron chi connectivity index (χ0n) is 27.8. The van der Waals surface area contributed by atoms with Gasteiger partial charge in [-0.05, 0) is 66.2 Å². The number of carbonyl (C=O) groups excluding carboxylic acids is 2. The average Bonchev–Trinajstić information content (AvgIpc) is 3.23. The van der Waals surface area contributed by atoms with Gasteiger partial charge in [0.1, 0.15) is 0 Å². The van der Waals surface area contributed by atoms with Crippen LogP contribution in [0, 0.1) is 16.7 Å². The monoisotopic (exact) mass is 619 g/mol. The van der Waals surface area contributed by atoms with Crippen molar-refractivity contribution >= 4 is 17.5 Å². The van der Waals surface area contributed by atoms with Crippen molar-refractivity contribution in [3.63, 3.8) is 0 Å². The first-order valence-corrected chi connectivity index (χ1v) is 16.8. The number of nitrogens with one attached hydrogen (secondary N) is 2. The number of anilines is 1. The van der Waals surface area contributed by atoms with Crippen LogP contribution in [0.3, 0.4) is 0 Å². The molecule has 3 fully saturated rings. The van der Waals surface area contributed by atoms with Crippen molar-refractivity contribution in [3.05, 3.63) is 65.2 Å². The van der Waals surface area contributed by atoms with Gasteiger partial charge in [0.15, 0.2) is 6.29 Å². The fourth-order valence-electron chi connectivity index (χ4n) is 8.15. The Hall–Kier alpha value is -2.78. The number of rotatable bonds is 12. The number of amides is 2. The standard InChI is InChI=1S/C37H53N3O5/c1-25-32(21-40-24-37(5)20-31(40)19-36(3,4)23-37)44-35(45-34(25)28-12-10-27(22-41)11-13-28)29-14-16-30(17-15-29)39-33(43)9-7-6-8-18-38-26(2)42/h10-17,25,31-32,34-35,41H,6-9,18-24H2,1-5H3,(H,38,42)(H,39,43)/t25-,31?,32+,34+,35+,37?/m0/s1. The number of unbranched alkanes of at least 4 members (excludes halogenated alkanes) is 2. The van der Waals surface area contributed by atoms with Gasteiger partial charge in [-0.15, -0.1) is 0 Å². The highest BCUT2D eigenvalue weighted by Crippen LogP contribution is 2.53. The number of fused-ring (bicyclic) bond motifs is 2. The number of benzene rings is 2. The van der Waals surface area contributed by atoms with Crippen LogP contribution in [0.1, 0.15) is 109 Å². The van der Waals surface area contributed by atoms with E-state index in [2.05, 4.69) is 55.4 Å². The van der Waals surface area contributed by atoms with Crippen LogP contribution >= 0.6 is 0 Å². The van der Waals surface area contributed by atoms with Gasteiger partial charge >= 0.3 is 0 Å². The van der Waals surface area contributed by atoms with Crippen LogP contribution < -0.4 is 10.6 Å². The van der Waals surface area contributed by atoms with E-state index in [4.69, 9.17) is 9.47 Å². The van der Waals surface area contributed by atoms with Gasteiger partial charge in [-0.3, -0.25) is 14.5 Å². The molecular formula is C37H53N3O5. The van der Waals surface area contributed by atoms with Crippen LogP contribution in [0.2, 0.25) is 0 Å². The minimum absolute atomic E-state index is 0.0117. The number of aliphatic hydroxyl groups excluding tert-OH is 1. The smallest absolute Gasteiger partial charge is 0.224 e. The summed E-state index contributed by atoms with van der Waals surface area (Å²) >= 11 is 0. The van der Waals surface area contributed by atoms with Gasteiger partial charge in [-0.2, -0.15) is 0 Å². The van der Waals surface area contributed by atoms with Crippen molar-refractivity contribution in [2.45, 2.75) is 111 Å². The third kappa shape index (κ3) is 8.73. The van der Waals surface area contributed by atoms with E-state index in [0.29, 0.717) is 29.8 Å². The Morgan fingerprint density at radius 2 is 1.67 bits per heavy atom. The van der Waals surface area contributed by atoms with E-state index in [-0.39, 0.29) is 36.5 Å². The first-order chi connectivity index (χ1) is 21.4. The highest BCUT2D eigenvalue weighted by atomic mass is 16.7. The normalized spacial score (nSPS) is 29.3. The van der Waals surface area contributed by atoms with Gasteiger partial charge in [-0.25, -0.2) is 0 Å². The third-order valence-electron chi connectivity index (χ3n) is 9.98. The molecule has 1 aliphatic carbocycles. The van der Waals surface area contributed by atoms with E-state index in [1.54, 1.807) is 0 Å². The molecule has 2 aromatic rings. The van der Waals surface area contributed by atoms with Gasteiger partial charge in [0, 0.05) is 56.2 Å². The van der Waals surface area contributed by atoms with E-state index in [0.717, 1.165) is 54.7 Å². The summed E-state index contributed by atoms with van der Waals surface area (Å²) in [6.07, 6.45) is 6.03. The lowest BCUT2D eigenvalue weighted by atomic mass is 9.65. The molecule has 0 aromatic heterocycles. The first kappa shape index (κ1) is 33.6. The molecule has 2 heterocycles. The zero-order valence-corrected chi connectivity index (χ0v) is 27.8. The number of hydrogen-bond acceptors (Lipinski definition) is 6. The number of aliphatic hydroxyl groups is 1. The van der Waals surface area contributed by atoms with E-state index in [1.165, 1.54) is 26.2 Å². The minimum atomic E-state index is -0.531. The summed E-state index contributed by atoms with van der Waals surface area (Å²) in [7, 11) is 0. The summed E-state index contributed by atoms with van der Waals surface area (Å²) in [5.41, 5.74) is 4.36. The number of nitrogens with zero attached hydrogens (tertiary/aromatic N) is 1. The molecule has 0 radical (unpaired) electrons. The van der Waals surface area contributed by atoms with Gasteiger partial charge in [0.2, 0.25) is 11.8 Å². The maximum atomic E-state index is 12.5. The first-order valence-electron chi connectivity index (χ1n) is 16.8. The lowest BCUT2D eigenvalue weighted by Crippen LogP contribution is -2.46. The van der Waals surface area contributed by atoms with Crippen LogP contribution in [0.4, 0.5) is 5.69 Å². The molecule has 3 aliphatic rings. The summed E-state index contributed by atoms with van der Waals surface area (Å²) in [4.78, 5) is 26.2. The molecule has 2 saturated heterocycles. The van der Waals surface area contributed by atoms with Crippen molar-refractivity contribution in [2.75, 3.05) is 25.0 Å². The number of hydrogen-bond donors (Lipinski definition) is 3. The van der Waals surface area contributed by atoms with Crippen molar-refractivity contribution in [2.24, 2.45) is 16.7 Å². The SMILES string of the molecule is CC(=O)NCCCCCC(=O)Nc1ccc([C@@H]2O[C@H](CN3CC4(C)CC3CC(C)(C)C4)[C@H](C)[C@H](c3ccc(CO)cc3)O2)cc1. The Balaban J connectivity index is 1.25. The van der Waals surface area contributed by atoms with Crippen molar-refractivity contribution in [3.8, 4) is 0 Å². The number of likely N-dealkylation sites (tertiary alicyclic amines) is 1. The maximum Gasteiger partial charge on any atom is 0.224 e. The molecule has 3 N–H and O–H groups in total. The molecule has 2 amide bonds. The highest BCUT2D eigenvalue weighted by molar-refractivity contribution is 5.90. The lowest BCUT2D eigenvalue weighted by molar-refractivity contribution is -0.276. The van der Waals surface area contributed by atoms with Crippen molar-refractivity contribution in [1.82, 2.24) is 10.2 Å². The van der Waals surface area contributed by atoms with Gasteiger partial charge in [-0.1, -0.05) is 70.5 Å². The Labute approximate surface area is 269 Å². The van der Waals surface area contributed by atoms with Crippen LogP contribution in [0.15, 0.2) is 48.5 Å². The molecule has 0 spiro atoms. The predicted octanol–water partition coefficient (Wildman–Crippen LogP) is 6.51. The summed E-state index contributed by atoms with van der Waals surface area (Å²) in [6.45, 7) is 13.7. The predicted molar refractivity (Wildman–Crippen MR) is 176 cm³/mol. The van der Waals surface area contributed by atoms with Gasteiger partial charge < -0.3 is 25.2 Å². The van der Waals surface area contributed by atoms with Crippen LogP contribution in [-0.4, -0.2) is 53.6 Å². The molecular weight excluding hydrogens is 566 g/mol. The highest BCUT2D eigenvalue weighted by Gasteiger charge is 2.51. The van der Waals surface area contributed by atoms with Crippen molar-refractivity contribution < 1.29 is 24.2 Å². The third-order valence-corrected chi connectivity index (χ3v) is 9.98. The Morgan fingerprint density at radius 1 is 0.956 bits per heavy atom. The maximum absolute atomic E-state index is 12.5. The molecule has 246 valence electrons. The molecule has 2 aromatic carbocycles. The summed E-state index contributed by atoms with van der Waals surface area (Å²) in [6, 6.07) is 16.5. The molecule has 45 heavy (non-hydrogen) atoms. The lowest BCUT2D eigenvalue weighted by Gasteiger charge is -2.43. The van der Waals surface area contributed by atoms with Crippen LogP contribution in [0.5, 0.6) is 0 Å². The quantitative estimate of drug-likeness (QED) is 0.235. The second kappa shape index (κ2) is 14.3. The Kier molecular flexibility index (Phi) is 10.7. The second-order valence-electron chi connectivity index (χ2n) is 14.9. The van der Waals surface area contributed by atoms with Crippen LogP contribution in [0.25, 0.3) is 0 Å². The molecule has 2 bridgehead atoms. The average molecular weight is 620 g/mol. The van der Waals surface area contributed by atoms with E-state index in [1.807, 2.05) is 36.4 Å².